The molecule has 25 heavy (non-hydrogen) atoms. The molecule has 2 aliphatic rings. The van der Waals surface area contributed by atoms with Crippen LogP contribution in [0, 0.1) is 0 Å². The quantitative estimate of drug-likeness (QED) is 0.794. The van der Waals surface area contributed by atoms with Crippen molar-refractivity contribution in [2.24, 2.45) is 0 Å². The van der Waals surface area contributed by atoms with Gasteiger partial charge < -0.3 is 4.90 Å². The molecule has 2 aliphatic heterocycles. The molecule has 0 spiro atoms. The fraction of sp³-hybridized carbons (Fsp3) is 0.250. The van der Waals surface area contributed by atoms with Crippen LogP contribution in [0.3, 0.4) is 0 Å². The normalized spacial score (nSPS) is 19.0. The summed E-state index contributed by atoms with van der Waals surface area (Å²) in [4.78, 5) is 40.5. The van der Waals surface area contributed by atoms with Crippen molar-refractivity contribution in [1.29, 1.82) is 0 Å². The molecule has 0 aliphatic carbocycles. The standard InChI is InChI=1S/C20H18N2O3/c1-13-10-11-21(17-9-5-4-6-14(13)17)18(23)12-22-19(24)15-7-2-3-8-16(15)20(22)25/h2-9,13H,10-12H2,1H3. The molecule has 0 fully saturated rings. The second kappa shape index (κ2) is 5.84. The Morgan fingerprint density at radius 3 is 2.28 bits per heavy atom. The highest BCUT2D eigenvalue weighted by Gasteiger charge is 2.38. The van der Waals surface area contributed by atoms with E-state index < -0.39 is 11.8 Å². The van der Waals surface area contributed by atoms with Crippen LogP contribution in [-0.2, 0) is 4.79 Å². The van der Waals surface area contributed by atoms with Crippen molar-refractivity contribution in [1.82, 2.24) is 4.90 Å². The van der Waals surface area contributed by atoms with E-state index in [1.165, 1.54) is 0 Å². The zero-order chi connectivity index (χ0) is 17.6. The van der Waals surface area contributed by atoms with Crippen LogP contribution >= 0.6 is 0 Å². The molecular formula is C20H18N2O3. The SMILES string of the molecule is CC1CCN(C(=O)CN2C(=O)c3ccccc3C2=O)c2ccccc21. The Morgan fingerprint density at radius 2 is 1.60 bits per heavy atom. The average Bonchev–Trinajstić information content (AvgIpc) is 2.87. The minimum atomic E-state index is -0.396. The van der Waals surface area contributed by atoms with Crippen molar-refractivity contribution >= 4 is 23.4 Å². The maximum Gasteiger partial charge on any atom is 0.262 e. The second-order valence-corrected chi connectivity index (χ2v) is 6.54. The third-order valence-electron chi connectivity index (χ3n) is 5.02. The highest BCUT2D eigenvalue weighted by Crippen LogP contribution is 2.35. The van der Waals surface area contributed by atoms with E-state index in [9.17, 15) is 14.4 Å². The lowest BCUT2D eigenvalue weighted by Gasteiger charge is -2.33. The van der Waals surface area contributed by atoms with Crippen LogP contribution in [0.25, 0.3) is 0 Å². The predicted molar refractivity (Wildman–Crippen MR) is 93.6 cm³/mol. The third-order valence-corrected chi connectivity index (χ3v) is 5.02. The molecule has 2 heterocycles. The first-order valence-electron chi connectivity index (χ1n) is 8.42. The summed E-state index contributed by atoms with van der Waals surface area (Å²) in [6.07, 6.45) is 0.866. The Kier molecular flexibility index (Phi) is 3.64. The number of imide groups is 1. The van der Waals surface area contributed by atoms with Crippen LogP contribution in [0.1, 0.15) is 45.5 Å². The van der Waals surface area contributed by atoms with E-state index in [2.05, 4.69) is 6.92 Å². The van der Waals surface area contributed by atoms with Gasteiger partial charge in [0, 0.05) is 12.2 Å². The fourth-order valence-corrected chi connectivity index (χ4v) is 3.61. The van der Waals surface area contributed by atoms with Crippen LogP contribution in [0.2, 0.25) is 0 Å². The zero-order valence-corrected chi connectivity index (χ0v) is 13.9. The van der Waals surface area contributed by atoms with Gasteiger partial charge in [-0.15, -0.1) is 0 Å². The van der Waals surface area contributed by atoms with Crippen LogP contribution in [0.5, 0.6) is 0 Å². The molecule has 1 atom stereocenters. The van der Waals surface area contributed by atoms with Gasteiger partial charge in [0.1, 0.15) is 6.54 Å². The molecule has 5 heteroatoms. The van der Waals surface area contributed by atoms with E-state index in [-0.39, 0.29) is 12.5 Å². The monoisotopic (exact) mass is 334 g/mol. The molecule has 0 saturated heterocycles. The first kappa shape index (κ1) is 15.6. The number of fused-ring (bicyclic) bond motifs is 2. The molecule has 3 amide bonds. The van der Waals surface area contributed by atoms with E-state index in [0.29, 0.717) is 23.6 Å². The highest BCUT2D eigenvalue weighted by atomic mass is 16.2. The number of amides is 3. The number of nitrogens with zero attached hydrogens (tertiary/aromatic N) is 2. The van der Waals surface area contributed by atoms with Crippen LogP contribution < -0.4 is 4.90 Å². The van der Waals surface area contributed by atoms with Gasteiger partial charge in [0.05, 0.1) is 11.1 Å². The Bertz CT molecular complexity index is 855. The van der Waals surface area contributed by atoms with E-state index >= 15 is 0 Å². The number of anilines is 1. The number of hydrogen-bond acceptors (Lipinski definition) is 3. The molecule has 0 N–H and O–H groups in total. The topological polar surface area (TPSA) is 57.7 Å². The lowest BCUT2D eigenvalue weighted by Crippen LogP contribution is -2.45. The van der Waals surface area contributed by atoms with Crippen LogP contribution in [0.15, 0.2) is 48.5 Å². The van der Waals surface area contributed by atoms with Crippen molar-refractivity contribution in [2.75, 3.05) is 18.0 Å². The number of hydrogen-bond donors (Lipinski definition) is 0. The van der Waals surface area contributed by atoms with Gasteiger partial charge in [-0.2, -0.15) is 0 Å². The smallest absolute Gasteiger partial charge is 0.262 e. The van der Waals surface area contributed by atoms with Gasteiger partial charge in [0.2, 0.25) is 5.91 Å². The van der Waals surface area contributed by atoms with Crippen molar-refractivity contribution in [3.63, 3.8) is 0 Å². The minimum Gasteiger partial charge on any atom is -0.311 e. The van der Waals surface area contributed by atoms with Gasteiger partial charge in [0.15, 0.2) is 0 Å². The number of rotatable bonds is 2. The summed E-state index contributed by atoms with van der Waals surface area (Å²) >= 11 is 0. The molecule has 0 radical (unpaired) electrons. The summed E-state index contributed by atoms with van der Waals surface area (Å²) in [6.45, 7) is 2.51. The molecule has 2 aromatic carbocycles. The maximum absolute atomic E-state index is 12.8. The van der Waals surface area contributed by atoms with Gasteiger partial charge in [-0.05, 0) is 36.1 Å². The summed E-state index contributed by atoms with van der Waals surface area (Å²) < 4.78 is 0. The Balaban J connectivity index is 1.59. The first-order chi connectivity index (χ1) is 12.1. The zero-order valence-electron chi connectivity index (χ0n) is 13.9. The average molecular weight is 334 g/mol. The molecule has 0 saturated carbocycles. The lowest BCUT2D eigenvalue weighted by molar-refractivity contribution is -0.119. The van der Waals surface area contributed by atoms with Crippen molar-refractivity contribution < 1.29 is 14.4 Å². The van der Waals surface area contributed by atoms with Crippen molar-refractivity contribution in [3.05, 3.63) is 65.2 Å². The van der Waals surface area contributed by atoms with Gasteiger partial charge >= 0.3 is 0 Å². The summed E-state index contributed by atoms with van der Waals surface area (Å²) in [6, 6.07) is 14.5. The molecule has 2 aromatic rings. The van der Waals surface area contributed by atoms with E-state index in [1.807, 2.05) is 24.3 Å². The van der Waals surface area contributed by atoms with Gasteiger partial charge in [-0.25, -0.2) is 0 Å². The lowest BCUT2D eigenvalue weighted by atomic mass is 9.91. The van der Waals surface area contributed by atoms with Gasteiger partial charge in [-0.3, -0.25) is 19.3 Å². The number of carbonyl (C=O) groups excluding carboxylic acids is 3. The summed E-state index contributed by atoms with van der Waals surface area (Å²) in [7, 11) is 0. The minimum absolute atomic E-state index is 0.227. The molecule has 0 bridgehead atoms. The van der Waals surface area contributed by atoms with Gasteiger partial charge in [0.25, 0.3) is 11.8 Å². The van der Waals surface area contributed by atoms with E-state index in [0.717, 1.165) is 22.6 Å². The van der Waals surface area contributed by atoms with Crippen LogP contribution in [-0.4, -0.2) is 35.7 Å². The fourth-order valence-electron chi connectivity index (χ4n) is 3.61. The molecular weight excluding hydrogens is 316 g/mol. The van der Waals surface area contributed by atoms with E-state index in [4.69, 9.17) is 0 Å². The number of carbonyl (C=O) groups is 3. The Labute approximate surface area is 145 Å². The summed E-state index contributed by atoms with van der Waals surface area (Å²) in [5.41, 5.74) is 2.74. The number of benzene rings is 2. The van der Waals surface area contributed by atoms with Crippen molar-refractivity contribution in [2.45, 2.75) is 19.3 Å². The molecule has 126 valence electrons. The van der Waals surface area contributed by atoms with Gasteiger partial charge in [-0.1, -0.05) is 37.3 Å². The van der Waals surface area contributed by atoms with E-state index in [1.54, 1.807) is 29.2 Å². The first-order valence-corrected chi connectivity index (χ1v) is 8.42. The Hall–Kier alpha value is -2.95. The largest absolute Gasteiger partial charge is 0.311 e. The maximum atomic E-state index is 12.8. The molecule has 5 nitrogen and oxygen atoms in total. The predicted octanol–water partition coefficient (Wildman–Crippen LogP) is 2.82. The second-order valence-electron chi connectivity index (χ2n) is 6.54. The van der Waals surface area contributed by atoms with Crippen LogP contribution in [0.4, 0.5) is 5.69 Å². The highest BCUT2D eigenvalue weighted by molar-refractivity contribution is 6.22. The summed E-state index contributed by atoms with van der Waals surface area (Å²) in [5.74, 6) is -0.631. The number of para-hydroxylation sites is 1. The summed E-state index contributed by atoms with van der Waals surface area (Å²) in [5, 5.41) is 0. The Morgan fingerprint density at radius 1 is 1.00 bits per heavy atom. The molecule has 0 aromatic heterocycles. The third kappa shape index (κ3) is 2.43. The van der Waals surface area contributed by atoms with Crippen molar-refractivity contribution in [3.8, 4) is 0 Å². The molecule has 4 rings (SSSR count). The molecule has 1 unspecified atom stereocenters.